The third-order valence-electron chi connectivity index (χ3n) is 6.08. The Kier molecular flexibility index (Phi) is 7.02. The number of hydrogen-bond donors (Lipinski definition) is 0. The molecule has 0 spiro atoms. The van der Waals surface area contributed by atoms with Gasteiger partial charge in [0.2, 0.25) is 0 Å². The largest absolute Gasteiger partial charge is 0.494 e. The smallest absolute Gasteiger partial charge is 0.417 e. The zero-order valence-corrected chi connectivity index (χ0v) is 20.8. The highest BCUT2D eigenvalue weighted by Crippen LogP contribution is 2.40. The van der Waals surface area contributed by atoms with Gasteiger partial charge in [0.15, 0.2) is 23.2 Å². The highest BCUT2D eigenvalue weighted by atomic mass is 19.4. The second-order valence-electron chi connectivity index (χ2n) is 8.76. The van der Waals surface area contributed by atoms with Crippen LogP contribution in [-0.2, 0) is 6.18 Å². The van der Waals surface area contributed by atoms with Gasteiger partial charge in [-0.1, -0.05) is 25.1 Å². The van der Waals surface area contributed by atoms with E-state index in [2.05, 4.69) is 20.2 Å². The molecule has 0 N–H and O–H groups in total. The molecule has 2 aromatic carbocycles. The lowest BCUT2D eigenvalue weighted by atomic mass is 10.0. The summed E-state index contributed by atoms with van der Waals surface area (Å²) in [6.45, 7) is 4.00. The quantitative estimate of drug-likeness (QED) is 0.193. The van der Waals surface area contributed by atoms with Gasteiger partial charge < -0.3 is 9.26 Å². The molecule has 0 bridgehead atoms. The minimum atomic E-state index is -4.64. The Bertz CT molecular complexity index is 1580. The molecule has 1 atom stereocenters. The first-order chi connectivity index (χ1) is 18.7. The first kappa shape index (κ1) is 26.3. The Morgan fingerprint density at radius 1 is 0.974 bits per heavy atom. The molecule has 0 radical (unpaired) electrons. The predicted molar refractivity (Wildman–Crippen MR) is 131 cm³/mol. The summed E-state index contributed by atoms with van der Waals surface area (Å²) < 4.78 is 81.9. The molecule has 5 rings (SSSR count). The van der Waals surface area contributed by atoms with E-state index < -0.39 is 29.4 Å². The highest BCUT2D eigenvalue weighted by molar-refractivity contribution is 5.67. The lowest BCUT2D eigenvalue weighted by Crippen LogP contribution is -2.13. The molecule has 39 heavy (non-hydrogen) atoms. The van der Waals surface area contributed by atoms with Crippen LogP contribution >= 0.6 is 0 Å². The number of imidazole rings is 1. The van der Waals surface area contributed by atoms with E-state index in [0.29, 0.717) is 30.8 Å². The number of hydrogen-bond acceptors (Lipinski definition) is 6. The van der Waals surface area contributed by atoms with E-state index in [4.69, 9.17) is 9.26 Å². The summed E-state index contributed by atoms with van der Waals surface area (Å²) in [4.78, 5) is 8.55. The summed E-state index contributed by atoms with van der Waals surface area (Å²) in [6, 6.07) is 8.35. The van der Waals surface area contributed by atoms with Crippen molar-refractivity contribution in [2.45, 2.75) is 38.9 Å². The lowest BCUT2D eigenvalue weighted by Gasteiger charge is -2.15. The normalized spacial score (nSPS) is 12.7. The third kappa shape index (κ3) is 5.18. The average Bonchev–Trinajstić information content (AvgIpc) is 3.56. The maximum absolute atomic E-state index is 14.2. The van der Waals surface area contributed by atoms with Gasteiger partial charge in [-0.05, 0) is 43.2 Å². The fourth-order valence-corrected chi connectivity index (χ4v) is 4.19. The van der Waals surface area contributed by atoms with Crippen molar-refractivity contribution < 1.29 is 31.2 Å². The molecule has 2 aliphatic heterocycles. The second-order valence-corrected chi connectivity index (χ2v) is 8.76. The predicted octanol–water partition coefficient (Wildman–Crippen LogP) is 7.19. The fraction of sp³-hybridized carbons (Fsp3) is 0.259. The van der Waals surface area contributed by atoms with Gasteiger partial charge in [-0.25, -0.2) is 18.7 Å². The summed E-state index contributed by atoms with van der Waals surface area (Å²) in [6.07, 6.45) is -0.556. The molecule has 0 saturated heterocycles. The van der Waals surface area contributed by atoms with Crippen LogP contribution in [0, 0.1) is 11.6 Å². The summed E-state index contributed by atoms with van der Waals surface area (Å²) in [5, 5.41) is 8.25. The van der Waals surface area contributed by atoms with Crippen molar-refractivity contribution in [2.24, 2.45) is 0 Å². The molecule has 12 heteroatoms. The number of benzene rings is 2. The summed E-state index contributed by atoms with van der Waals surface area (Å²) in [7, 11) is 0. The standard InChI is InChI=1S/C27H22F5N5O2/c1-3-10-38-15-8-9-16(18(11-15)27(30,31)32)20-12-24(39-36-20)23(4-2)37-14-22-21(13-33-37)34-26(35-22)17-6-5-7-19(28)25(17)29/h5-9,11-14,23H,3-4,10H2,1-2H3. The molecule has 0 aliphatic carbocycles. The van der Waals surface area contributed by atoms with Gasteiger partial charge in [0, 0.05) is 11.6 Å². The first-order valence-electron chi connectivity index (χ1n) is 12.2. The molecule has 202 valence electrons. The Labute approximate surface area is 219 Å². The molecule has 1 aromatic heterocycles. The number of alkyl halides is 3. The van der Waals surface area contributed by atoms with Gasteiger partial charge in [0.25, 0.3) is 0 Å². The van der Waals surface area contributed by atoms with Crippen LogP contribution in [0.5, 0.6) is 5.75 Å². The molecule has 1 unspecified atom stereocenters. The molecule has 3 aromatic rings. The van der Waals surface area contributed by atoms with E-state index >= 15 is 0 Å². The average molecular weight is 543 g/mol. The second kappa shape index (κ2) is 10.4. The Morgan fingerprint density at radius 2 is 1.77 bits per heavy atom. The Hall–Kier alpha value is -4.35. The number of aromatic nitrogens is 5. The van der Waals surface area contributed by atoms with Crippen LogP contribution in [-0.4, -0.2) is 31.5 Å². The van der Waals surface area contributed by atoms with Gasteiger partial charge in [-0.15, -0.1) is 0 Å². The van der Waals surface area contributed by atoms with Gasteiger partial charge >= 0.3 is 6.18 Å². The van der Waals surface area contributed by atoms with Crippen molar-refractivity contribution in [1.29, 1.82) is 0 Å². The molecule has 3 heterocycles. The number of fused-ring (bicyclic) bond motifs is 1. The molecule has 0 amide bonds. The van der Waals surface area contributed by atoms with E-state index in [9.17, 15) is 22.0 Å². The third-order valence-corrected chi connectivity index (χ3v) is 6.08. The zero-order valence-electron chi connectivity index (χ0n) is 20.8. The van der Waals surface area contributed by atoms with Crippen LogP contribution in [0.4, 0.5) is 22.0 Å². The van der Waals surface area contributed by atoms with Crippen molar-refractivity contribution in [3.63, 3.8) is 0 Å². The van der Waals surface area contributed by atoms with Crippen LogP contribution in [0.1, 0.15) is 44.1 Å². The van der Waals surface area contributed by atoms with E-state index in [0.717, 1.165) is 12.1 Å². The van der Waals surface area contributed by atoms with Crippen LogP contribution in [0.15, 0.2) is 59.4 Å². The number of rotatable bonds is 8. The molecule has 0 fully saturated rings. The van der Waals surface area contributed by atoms with Crippen LogP contribution < -0.4 is 4.74 Å². The topological polar surface area (TPSA) is 78.9 Å². The summed E-state index contributed by atoms with van der Waals surface area (Å²) in [5.74, 6) is -1.68. The number of nitrogens with zero attached hydrogens (tertiary/aromatic N) is 5. The van der Waals surface area contributed by atoms with Crippen molar-refractivity contribution in [1.82, 2.24) is 24.9 Å². The molecule has 0 saturated carbocycles. The molecule has 7 nitrogen and oxygen atoms in total. The molecule has 2 aliphatic rings. The molecular weight excluding hydrogens is 521 g/mol. The minimum absolute atomic E-state index is 0.00240. The van der Waals surface area contributed by atoms with Gasteiger partial charge in [0.05, 0.1) is 30.1 Å². The number of halogens is 5. The number of ether oxygens (including phenoxy) is 1. The SMILES string of the molecule is CCCOc1ccc(-c2cc(C(CC)n3cc4nc(-c5cccc(F)c5F)nc-4cn3)on2)c(C(F)(F)F)c1. The van der Waals surface area contributed by atoms with Gasteiger partial charge in [-0.2, -0.15) is 18.3 Å². The van der Waals surface area contributed by atoms with Crippen molar-refractivity contribution >= 4 is 0 Å². The first-order valence-corrected chi connectivity index (χ1v) is 12.2. The van der Waals surface area contributed by atoms with E-state index in [1.807, 2.05) is 13.8 Å². The Morgan fingerprint density at radius 3 is 2.51 bits per heavy atom. The Balaban J connectivity index is 1.48. The maximum atomic E-state index is 14.2. The summed E-state index contributed by atoms with van der Waals surface area (Å²) >= 11 is 0. The minimum Gasteiger partial charge on any atom is -0.494 e. The van der Waals surface area contributed by atoms with Crippen molar-refractivity contribution in [3.05, 3.63) is 77.8 Å². The van der Waals surface area contributed by atoms with Crippen molar-refractivity contribution in [2.75, 3.05) is 6.61 Å². The van der Waals surface area contributed by atoms with Crippen molar-refractivity contribution in [3.8, 4) is 39.8 Å². The fourth-order valence-electron chi connectivity index (χ4n) is 4.19. The molecular formula is C27H22F5N5O2. The summed E-state index contributed by atoms with van der Waals surface area (Å²) in [5.41, 5.74) is -0.386. The highest BCUT2D eigenvalue weighted by Gasteiger charge is 2.35. The van der Waals surface area contributed by atoms with Crippen LogP contribution in [0.25, 0.3) is 34.0 Å². The monoisotopic (exact) mass is 543 g/mol. The van der Waals surface area contributed by atoms with E-state index in [1.54, 1.807) is 6.20 Å². The van der Waals surface area contributed by atoms with E-state index in [-0.39, 0.29) is 34.2 Å². The van der Waals surface area contributed by atoms with E-state index in [1.165, 1.54) is 41.2 Å². The lowest BCUT2D eigenvalue weighted by molar-refractivity contribution is -0.137. The maximum Gasteiger partial charge on any atom is 0.417 e. The van der Waals surface area contributed by atoms with Crippen LogP contribution in [0.3, 0.4) is 0 Å². The van der Waals surface area contributed by atoms with Crippen LogP contribution in [0.2, 0.25) is 0 Å². The zero-order chi connectivity index (χ0) is 27.7. The van der Waals surface area contributed by atoms with Gasteiger partial charge in [0.1, 0.15) is 28.9 Å². The van der Waals surface area contributed by atoms with Gasteiger partial charge in [-0.3, -0.25) is 4.68 Å².